The van der Waals surface area contributed by atoms with E-state index in [4.69, 9.17) is 4.74 Å². The molecule has 0 aliphatic heterocycles. The number of methoxy groups -OCH3 is 1. The third-order valence-electron chi connectivity index (χ3n) is 4.01. The van der Waals surface area contributed by atoms with Crippen LogP contribution in [0.15, 0.2) is 42.7 Å². The topological polar surface area (TPSA) is 124 Å². The van der Waals surface area contributed by atoms with Gasteiger partial charge in [-0.05, 0) is 18.2 Å². The number of ether oxygens (including phenoxy) is 1. The van der Waals surface area contributed by atoms with E-state index in [1.165, 1.54) is 13.2 Å². The monoisotopic (exact) mass is 410 g/mol. The third kappa shape index (κ3) is 3.88. The molecule has 3 aromatic rings. The second-order valence-electron chi connectivity index (χ2n) is 5.86. The van der Waals surface area contributed by atoms with Gasteiger partial charge in [0.05, 0.1) is 29.9 Å². The van der Waals surface area contributed by atoms with Crippen LogP contribution in [0.4, 0.5) is 18.9 Å². The Kier molecular flexibility index (Phi) is 5.22. The zero-order chi connectivity index (χ0) is 21.3. The summed E-state index contributed by atoms with van der Waals surface area (Å²) >= 11 is 0. The third-order valence-corrected chi connectivity index (χ3v) is 4.01. The summed E-state index contributed by atoms with van der Waals surface area (Å²) in [7, 11) is 1.27. The molecular weight excluding hydrogens is 397 g/mol. The maximum Gasteiger partial charge on any atom is 0.333 e. The van der Waals surface area contributed by atoms with Crippen molar-refractivity contribution in [3.8, 4) is 17.0 Å². The van der Waals surface area contributed by atoms with Gasteiger partial charge in [0.15, 0.2) is 0 Å². The molecule has 1 aromatic carbocycles. The van der Waals surface area contributed by atoms with Crippen LogP contribution in [0.3, 0.4) is 0 Å². The summed E-state index contributed by atoms with van der Waals surface area (Å²) in [6.07, 6.45) is 1.55. The van der Waals surface area contributed by atoms with Crippen LogP contribution in [0.25, 0.3) is 11.3 Å². The summed E-state index contributed by atoms with van der Waals surface area (Å²) in [4.78, 5) is 14.2. The van der Waals surface area contributed by atoms with Crippen LogP contribution in [0.1, 0.15) is 17.8 Å². The number of rotatable bonds is 6. The van der Waals surface area contributed by atoms with Crippen molar-refractivity contribution in [3.05, 3.63) is 69.9 Å². The lowest BCUT2D eigenvalue weighted by atomic mass is 10.0. The average molecular weight is 410 g/mol. The Morgan fingerprint density at radius 2 is 2.00 bits per heavy atom. The number of benzene rings is 1. The first-order valence-corrected chi connectivity index (χ1v) is 7.92. The molecule has 2 heterocycles. The van der Waals surface area contributed by atoms with E-state index in [0.717, 1.165) is 30.6 Å². The maximum absolute atomic E-state index is 13.8. The van der Waals surface area contributed by atoms with Crippen molar-refractivity contribution in [2.75, 3.05) is 7.11 Å². The van der Waals surface area contributed by atoms with Crippen molar-refractivity contribution in [1.82, 2.24) is 14.8 Å². The average Bonchev–Trinajstić information content (AvgIpc) is 3.18. The first-order chi connectivity index (χ1) is 13.6. The predicted molar refractivity (Wildman–Crippen MR) is 91.5 cm³/mol. The summed E-state index contributed by atoms with van der Waals surface area (Å²) in [5, 5.41) is 35.2. The molecular formula is C17H13F3N4O5. The first kappa shape index (κ1) is 20.2. The summed E-state index contributed by atoms with van der Waals surface area (Å²) in [6.45, 7) is -2.99. The summed E-state index contributed by atoms with van der Waals surface area (Å²) < 4.78 is 44.6. The SMILES string of the molecule is COc1ccc(C(O)(O)c2cnn(C(F)F)c2)nc1-c1cc(F)cc([N+](=O)[O-])c1. The largest absolute Gasteiger partial charge is 0.494 e. The summed E-state index contributed by atoms with van der Waals surface area (Å²) in [6, 6.07) is 5.11. The van der Waals surface area contributed by atoms with Crippen molar-refractivity contribution >= 4 is 5.69 Å². The molecule has 0 aliphatic rings. The predicted octanol–water partition coefficient (Wildman–Crippen LogP) is 2.58. The molecule has 0 spiro atoms. The molecule has 0 saturated heterocycles. The van der Waals surface area contributed by atoms with E-state index in [-0.39, 0.29) is 21.7 Å². The number of non-ortho nitro benzene ring substituents is 1. The number of aromatic nitrogens is 3. The number of hydrogen-bond donors (Lipinski definition) is 2. The van der Waals surface area contributed by atoms with E-state index in [0.29, 0.717) is 6.07 Å². The lowest BCUT2D eigenvalue weighted by Crippen LogP contribution is -2.27. The first-order valence-electron chi connectivity index (χ1n) is 7.92. The minimum absolute atomic E-state index is 0.0607. The Labute approximate surface area is 160 Å². The normalized spacial score (nSPS) is 11.7. The molecule has 0 radical (unpaired) electrons. The van der Waals surface area contributed by atoms with Crippen LogP contribution in [-0.4, -0.2) is 37.0 Å². The van der Waals surface area contributed by atoms with Crippen LogP contribution in [0.5, 0.6) is 5.75 Å². The molecule has 0 amide bonds. The molecule has 2 aromatic heterocycles. The number of alkyl halides is 2. The van der Waals surface area contributed by atoms with Gasteiger partial charge >= 0.3 is 6.55 Å². The van der Waals surface area contributed by atoms with Gasteiger partial charge in [-0.2, -0.15) is 13.9 Å². The van der Waals surface area contributed by atoms with E-state index >= 15 is 0 Å². The second kappa shape index (κ2) is 7.48. The Morgan fingerprint density at radius 3 is 2.59 bits per heavy atom. The quantitative estimate of drug-likeness (QED) is 0.364. The number of hydrogen-bond acceptors (Lipinski definition) is 7. The zero-order valence-corrected chi connectivity index (χ0v) is 14.7. The van der Waals surface area contributed by atoms with Crippen LogP contribution in [-0.2, 0) is 5.79 Å². The summed E-state index contributed by atoms with van der Waals surface area (Å²) in [5.41, 5.74) is -1.55. The minimum Gasteiger partial charge on any atom is -0.494 e. The lowest BCUT2D eigenvalue weighted by molar-refractivity contribution is -0.385. The van der Waals surface area contributed by atoms with Gasteiger partial charge in [-0.1, -0.05) is 0 Å². The Hall–Kier alpha value is -3.51. The Balaban J connectivity index is 2.13. The van der Waals surface area contributed by atoms with Gasteiger partial charge in [0.1, 0.15) is 23.0 Å². The Morgan fingerprint density at radius 1 is 1.28 bits per heavy atom. The van der Waals surface area contributed by atoms with Crippen LogP contribution in [0, 0.1) is 15.9 Å². The molecule has 152 valence electrons. The van der Waals surface area contributed by atoms with Gasteiger partial charge in [0.2, 0.25) is 5.79 Å². The van der Waals surface area contributed by atoms with Gasteiger partial charge < -0.3 is 14.9 Å². The molecule has 2 N–H and O–H groups in total. The van der Waals surface area contributed by atoms with E-state index in [1.807, 2.05) is 0 Å². The molecule has 12 heteroatoms. The molecule has 0 unspecified atom stereocenters. The highest BCUT2D eigenvalue weighted by Gasteiger charge is 2.33. The van der Waals surface area contributed by atoms with E-state index in [1.54, 1.807) is 0 Å². The van der Waals surface area contributed by atoms with Crippen LogP contribution in [0.2, 0.25) is 0 Å². The minimum atomic E-state index is -2.99. The Bertz CT molecular complexity index is 1070. The van der Waals surface area contributed by atoms with Gasteiger partial charge in [0, 0.05) is 17.8 Å². The standard InChI is InChI=1S/C17H13F3N4O5/c1-29-13-2-3-14(17(25,26)10-7-21-23(8-10)16(19)20)22-15(13)9-4-11(18)6-12(5-9)24(27)28/h2-8,16,25-26H,1H3. The van der Waals surface area contributed by atoms with Crippen molar-refractivity contribution in [3.63, 3.8) is 0 Å². The molecule has 0 atom stereocenters. The van der Waals surface area contributed by atoms with Crippen LogP contribution < -0.4 is 4.74 Å². The highest BCUT2D eigenvalue weighted by molar-refractivity contribution is 5.69. The van der Waals surface area contributed by atoms with Gasteiger partial charge in [-0.15, -0.1) is 0 Å². The number of nitrogens with zero attached hydrogens (tertiary/aromatic N) is 4. The number of pyridine rings is 1. The smallest absolute Gasteiger partial charge is 0.333 e. The fraction of sp³-hybridized carbons (Fsp3) is 0.176. The second-order valence-corrected chi connectivity index (χ2v) is 5.86. The summed E-state index contributed by atoms with van der Waals surface area (Å²) in [5.74, 6) is -3.68. The molecule has 0 aliphatic carbocycles. The molecule has 9 nitrogen and oxygen atoms in total. The molecule has 29 heavy (non-hydrogen) atoms. The zero-order valence-electron chi connectivity index (χ0n) is 14.7. The number of halogens is 3. The van der Waals surface area contributed by atoms with E-state index in [2.05, 4.69) is 10.1 Å². The molecule has 0 saturated carbocycles. The highest BCUT2D eigenvalue weighted by atomic mass is 19.3. The number of aliphatic hydroxyl groups is 2. The van der Waals surface area contributed by atoms with Crippen molar-refractivity contribution in [2.24, 2.45) is 0 Å². The number of nitro benzene ring substituents is 1. The van der Waals surface area contributed by atoms with Crippen LogP contribution >= 0.6 is 0 Å². The molecule has 3 rings (SSSR count). The fourth-order valence-corrected chi connectivity index (χ4v) is 2.60. The van der Waals surface area contributed by atoms with E-state index in [9.17, 15) is 33.5 Å². The van der Waals surface area contributed by atoms with Gasteiger partial charge in [0.25, 0.3) is 5.69 Å². The van der Waals surface area contributed by atoms with Gasteiger partial charge in [-0.3, -0.25) is 10.1 Å². The lowest BCUT2D eigenvalue weighted by Gasteiger charge is -2.21. The maximum atomic E-state index is 13.8. The molecule has 0 bridgehead atoms. The van der Waals surface area contributed by atoms with Gasteiger partial charge in [-0.25, -0.2) is 14.1 Å². The fourth-order valence-electron chi connectivity index (χ4n) is 2.60. The van der Waals surface area contributed by atoms with E-state index < -0.39 is 40.0 Å². The van der Waals surface area contributed by atoms with Crippen molar-refractivity contribution in [1.29, 1.82) is 0 Å². The van der Waals surface area contributed by atoms with Crippen molar-refractivity contribution < 1.29 is 33.0 Å². The highest BCUT2D eigenvalue weighted by Crippen LogP contribution is 2.34. The number of nitro groups is 1. The molecule has 0 fully saturated rings. The van der Waals surface area contributed by atoms with Crippen molar-refractivity contribution in [2.45, 2.75) is 12.3 Å².